The van der Waals surface area contributed by atoms with Gasteiger partial charge in [-0.15, -0.1) is 0 Å². The molecule has 204 valence electrons. The minimum atomic E-state index is -0.534. The van der Waals surface area contributed by atoms with E-state index in [2.05, 4.69) is 27.2 Å². The molecule has 2 amide bonds. The van der Waals surface area contributed by atoms with Crippen LogP contribution in [0.4, 0.5) is 0 Å². The first-order valence-corrected chi connectivity index (χ1v) is 13.5. The van der Waals surface area contributed by atoms with Gasteiger partial charge in [0, 0.05) is 42.3 Å². The maximum Gasteiger partial charge on any atom is 0.264 e. The van der Waals surface area contributed by atoms with Gasteiger partial charge in [-0.2, -0.15) is 5.10 Å². The molecule has 9 heteroatoms. The Balaban J connectivity index is 1.42. The van der Waals surface area contributed by atoms with Gasteiger partial charge in [-0.05, 0) is 56.0 Å². The molecule has 0 radical (unpaired) electrons. The van der Waals surface area contributed by atoms with Crippen LogP contribution in [-0.4, -0.2) is 49.0 Å². The van der Waals surface area contributed by atoms with Gasteiger partial charge in [0.2, 0.25) is 5.91 Å². The number of fused-ring (bicyclic) bond motifs is 2. The third kappa shape index (κ3) is 4.85. The number of rotatable bonds is 5. The number of likely N-dealkylation sites (tertiary alicyclic amines) is 1. The van der Waals surface area contributed by atoms with Crippen LogP contribution in [0, 0.1) is 18.8 Å². The van der Waals surface area contributed by atoms with Gasteiger partial charge in [0.25, 0.3) is 11.5 Å². The van der Waals surface area contributed by atoms with Crippen molar-refractivity contribution in [3.05, 3.63) is 106 Å². The van der Waals surface area contributed by atoms with E-state index in [1.807, 2.05) is 61.5 Å². The average molecular weight is 545 g/mol. The summed E-state index contributed by atoms with van der Waals surface area (Å²) in [6, 6.07) is 18.0. The van der Waals surface area contributed by atoms with Crippen LogP contribution in [0.2, 0.25) is 0 Å². The predicted molar refractivity (Wildman–Crippen MR) is 156 cm³/mol. The number of pyridine rings is 1. The quantitative estimate of drug-likeness (QED) is 0.339. The molecule has 4 heterocycles. The van der Waals surface area contributed by atoms with Crippen molar-refractivity contribution in [1.82, 2.24) is 29.4 Å². The van der Waals surface area contributed by atoms with E-state index in [4.69, 9.17) is 0 Å². The first-order chi connectivity index (χ1) is 19.9. The second-order valence-corrected chi connectivity index (χ2v) is 10.1. The van der Waals surface area contributed by atoms with E-state index < -0.39 is 6.04 Å². The predicted octanol–water partition coefficient (Wildman–Crippen LogP) is 3.81. The molecule has 6 rings (SSSR count). The van der Waals surface area contributed by atoms with Gasteiger partial charge in [0.05, 0.1) is 23.7 Å². The second kappa shape index (κ2) is 10.7. The Morgan fingerprint density at radius 1 is 1.10 bits per heavy atom. The van der Waals surface area contributed by atoms with Crippen LogP contribution in [0.5, 0.6) is 0 Å². The Morgan fingerprint density at radius 2 is 1.93 bits per heavy atom. The summed E-state index contributed by atoms with van der Waals surface area (Å²) in [5.41, 5.74) is 3.08. The molecule has 0 aliphatic carbocycles. The molecule has 5 aromatic rings. The fourth-order valence-corrected chi connectivity index (χ4v) is 5.35. The molecule has 1 saturated heterocycles. The maximum atomic E-state index is 14.2. The largest absolute Gasteiger partial charge is 0.344 e. The highest BCUT2D eigenvalue weighted by Gasteiger charge is 2.23. The monoisotopic (exact) mass is 544 g/mol. The van der Waals surface area contributed by atoms with Crippen molar-refractivity contribution in [2.75, 3.05) is 13.1 Å². The summed E-state index contributed by atoms with van der Waals surface area (Å²) >= 11 is 0. The lowest BCUT2D eigenvalue weighted by molar-refractivity contribution is -0.127. The first kappa shape index (κ1) is 26.0. The summed E-state index contributed by atoms with van der Waals surface area (Å²) in [5.74, 6) is 6.01. The smallest absolute Gasteiger partial charge is 0.264 e. The van der Waals surface area contributed by atoms with Crippen LogP contribution in [-0.2, 0) is 4.79 Å². The molecule has 1 aliphatic heterocycles. The first-order valence-electron chi connectivity index (χ1n) is 13.5. The zero-order valence-electron chi connectivity index (χ0n) is 22.8. The van der Waals surface area contributed by atoms with E-state index in [0.717, 1.165) is 11.8 Å². The molecule has 1 N–H and O–H groups in total. The third-order valence-electron chi connectivity index (χ3n) is 7.34. The molecular weight excluding hydrogens is 516 g/mol. The van der Waals surface area contributed by atoms with Crippen molar-refractivity contribution in [2.24, 2.45) is 0 Å². The lowest BCUT2D eigenvalue weighted by atomic mass is 10.0. The van der Waals surface area contributed by atoms with Crippen molar-refractivity contribution >= 4 is 28.2 Å². The number of hydrogen-bond donors (Lipinski definition) is 1. The number of nitrogens with zero attached hydrogens (tertiary/aromatic N) is 5. The lowest BCUT2D eigenvalue weighted by Crippen LogP contribution is -2.32. The van der Waals surface area contributed by atoms with Crippen LogP contribution >= 0.6 is 0 Å². The van der Waals surface area contributed by atoms with Crippen LogP contribution in [0.25, 0.3) is 22.1 Å². The molecule has 0 spiro atoms. The molecular formula is C32H28N6O3. The molecule has 0 unspecified atom stereocenters. The summed E-state index contributed by atoms with van der Waals surface area (Å²) in [6.07, 6.45) is 4.77. The van der Waals surface area contributed by atoms with Crippen molar-refractivity contribution in [2.45, 2.75) is 32.7 Å². The number of carbonyl (C=O) groups excluding carboxylic acids is 2. The van der Waals surface area contributed by atoms with Gasteiger partial charge < -0.3 is 10.2 Å². The standard InChI is InChI=1S/C32H28N6O3/c1-21(34-31(40)28-22(2)35-37-19-9-16-33-30(28)37)26-20-24-11-6-10-23(12-7-17-36-18-8-15-27(36)39)29(24)32(41)38(26)25-13-4-3-5-14-25/h3-6,9-11,13-14,16,19-21H,8,15,17-18H2,1-2H3,(H,34,40)/t21-/m1/s1. The van der Waals surface area contributed by atoms with Crippen LogP contribution in [0.3, 0.4) is 0 Å². The van der Waals surface area contributed by atoms with Crippen molar-refractivity contribution in [1.29, 1.82) is 0 Å². The number of benzene rings is 2. The molecule has 1 aliphatic rings. The minimum Gasteiger partial charge on any atom is -0.344 e. The SMILES string of the molecule is Cc1nn2cccnc2c1C(=O)N[C@H](C)c1cc2cccc(C#CCN3CCCC3=O)c2c(=O)n1-c1ccccc1. The molecule has 1 fully saturated rings. The molecule has 3 aromatic heterocycles. The van der Waals surface area contributed by atoms with Gasteiger partial charge in [-0.1, -0.05) is 42.2 Å². The molecule has 0 bridgehead atoms. The summed E-state index contributed by atoms with van der Waals surface area (Å²) in [6.45, 7) is 4.66. The van der Waals surface area contributed by atoms with Crippen molar-refractivity contribution in [3.63, 3.8) is 0 Å². The van der Waals surface area contributed by atoms with Gasteiger partial charge in [-0.3, -0.25) is 19.0 Å². The highest BCUT2D eigenvalue weighted by Crippen LogP contribution is 2.24. The zero-order valence-corrected chi connectivity index (χ0v) is 22.8. The van der Waals surface area contributed by atoms with Crippen molar-refractivity contribution < 1.29 is 9.59 Å². The van der Waals surface area contributed by atoms with Gasteiger partial charge in [0.15, 0.2) is 5.65 Å². The number of carbonyl (C=O) groups is 2. The normalized spacial score (nSPS) is 13.8. The number of para-hydroxylation sites is 1. The van der Waals surface area contributed by atoms with Crippen LogP contribution in [0.15, 0.2) is 77.9 Å². The lowest BCUT2D eigenvalue weighted by Gasteiger charge is -2.21. The van der Waals surface area contributed by atoms with Gasteiger partial charge in [0.1, 0.15) is 5.56 Å². The fraction of sp³-hybridized carbons (Fsp3) is 0.219. The van der Waals surface area contributed by atoms with Gasteiger partial charge >= 0.3 is 0 Å². The zero-order chi connectivity index (χ0) is 28.5. The summed E-state index contributed by atoms with van der Waals surface area (Å²) in [5, 5.41) is 8.67. The van der Waals surface area contributed by atoms with Gasteiger partial charge in [-0.25, -0.2) is 9.50 Å². The molecule has 2 aromatic carbocycles. The average Bonchev–Trinajstić information content (AvgIpc) is 3.54. The number of aryl methyl sites for hydroxylation is 1. The highest BCUT2D eigenvalue weighted by atomic mass is 16.2. The Bertz CT molecular complexity index is 1930. The molecule has 41 heavy (non-hydrogen) atoms. The number of hydrogen-bond acceptors (Lipinski definition) is 5. The molecule has 9 nitrogen and oxygen atoms in total. The number of amides is 2. The van der Waals surface area contributed by atoms with Crippen LogP contribution in [0.1, 0.15) is 53.1 Å². The van der Waals surface area contributed by atoms with Crippen molar-refractivity contribution in [3.8, 4) is 17.5 Å². The third-order valence-corrected chi connectivity index (χ3v) is 7.34. The molecule has 0 saturated carbocycles. The van der Waals surface area contributed by atoms with E-state index >= 15 is 0 Å². The highest BCUT2D eigenvalue weighted by molar-refractivity contribution is 6.01. The second-order valence-electron chi connectivity index (χ2n) is 10.1. The Kier molecular flexibility index (Phi) is 6.81. The Morgan fingerprint density at radius 3 is 2.71 bits per heavy atom. The Labute approximate surface area is 236 Å². The fourth-order valence-electron chi connectivity index (χ4n) is 5.35. The van der Waals surface area contributed by atoms with E-state index in [1.54, 1.807) is 39.4 Å². The van der Waals surface area contributed by atoms with E-state index in [0.29, 0.717) is 58.7 Å². The summed E-state index contributed by atoms with van der Waals surface area (Å²) < 4.78 is 3.21. The van der Waals surface area contributed by atoms with E-state index in [1.165, 1.54) is 0 Å². The molecule has 1 atom stereocenters. The van der Waals surface area contributed by atoms with E-state index in [9.17, 15) is 14.4 Å². The number of aromatic nitrogens is 4. The summed E-state index contributed by atoms with van der Waals surface area (Å²) in [7, 11) is 0. The van der Waals surface area contributed by atoms with E-state index in [-0.39, 0.29) is 17.4 Å². The minimum absolute atomic E-state index is 0.111. The maximum absolute atomic E-state index is 14.2. The summed E-state index contributed by atoms with van der Waals surface area (Å²) in [4.78, 5) is 45.7. The topological polar surface area (TPSA) is 102 Å². The number of nitrogens with one attached hydrogen (secondary N) is 1. The van der Waals surface area contributed by atoms with Crippen LogP contribution < -0.4 is 10.9 Å². The Hall–Kier alpha value is -5.23.